The van der Waals surface area contributed by atoms with Crippen molar-refractivity contribution in [3.05, 3.63) is 9.81 Å². The molecule has 2 aliphatic rings. The minimum absolute atomic E-state index is 0. The van der Waals surface area contributed by atoms with Crippen LogP contribution in [0.4, 0.5) is 0 Å². The molecule has 0 unspecified atom stereocenters. The van der Waals surface area contributed by atoms with Gasteiger partial charge in [-0.2, -0.15) is 0 Å². The van der Waals surface area contributed by atoms with Crippen molar-refractivity contribution in [2.75, 3.05) is 0 Å². The van der Waals surface area contributed by atoms with E-state index in [1.807, 2.05) is 55.4 Å². The van der Waals surface area contributed by atoms with E-state index in [2.05, 4.69) is 0 Å². The Morgan fingerprint density at radius 3 is 0.793 bits per heavy atom. The molecular weight excluding hydrogens is 537 g/mol. The van der Waals surface area contributed by atoms with Crippen molar-refractivity contribution < 1.29 is 46.7 Å². The molecule has 0 bridgehead atoms. The van der Waals surface area contributed by atoms with Crippen LogP contribution in [0.5, 0.6) is 0 Å². The first-order valence-electron chi connectivity index (χ1n) is 9.43. The van der Waals surface area contributed by atoms with Gasteiger partial charge in [-0.05, 0) is 12.8 Å². The zero-order valence-electron chi connectivity index (χ0n) is 18.7. The first-order valence-corrected chi connectivity index (χ1v) is 18.0. The van der Waals surface area contributed by atoms with E-state index in [1.54, 1.807) is 0 Å². The van der Waals surface area contributed by atoms with E-state index in [4.69, 9.17) is 37.2 Å². The van der Waals surface area contributed by atoms with Crippen LogP contribution in [-0.4, -0.2) is 31.7 Å². The molecule has 0 radical (unpaired) electrons. The van der Waals surface area contributed by atoms with Crippen LogP contribution in [0.3, 0.4) is 0 Å². The first kappa shape index (κ1) is 35.2. The van der Waals surface area contributed by atoms with E-state index in [0.717, 1.165) is 25.7 Å². The average molecular weight is 573 g/mol. The van der Waals surface area contributed by atoms with Crippen molar-refractivity contribution >= 4 is 37.2 Å². The third kappa shape index (κ3) is 13.1. The van der Waals surface area contributed by atoms with E-state index in [1.165, 1.54) is 22.4 Å². The molecule has 0 aromatic heterocycles. The molecule has 2 saturated heterocycles. The second kappa shape index (κ2) is 12.8. The van der Waals surface area contributed by atoms with Crippen LogP contribution in [0.15, 0.2) is 0 Å². The molecule has 0 spiro atoms. The van der Waals surface area contributed by atoms with Gasteiger partial charge >= 0.3 is 49.6 Å². The van der Waals surface area contributed by atoms with Crippen molar-refractivity contribution in [1.82, 2.24) is 0 Å². The van der Waals surface area contributed by atoms with Crippen LogP contribution in [0.25, 0.3) is 0 Å². The molecule has 2 fully saturated rings. The molecule has 0 atom stereocenters. The fraction of sp³-hybridized carbons (Fsp3) is 1.00. The van der Waals surface area contributed by atoms with Gasteiger partial charge in [-0.3, -0.25) is 0 Å². The third-order valence-electron chi connectivity index (χ3n) is 5.35. The third-order valence-corrected chi connectivity index (χ3v) is 5.35. The zero-order chi connectivity index (χ0) is 21.9. The maximum atomic E-state index is 11.7. The Morgan fingerprint density at radius 2 is 0.690 bits per heavy atom. The topological polar surface area (TPSA) is 40.2 Å². The van der Waals surface area contributed by atoms with Crippen LogP contribution >= 0.6 is 37.2 Å². The first-order chi connectivity index (χ1) is 11.7. The maximum absolute atomic E-state index is 11.7. The quantitative estimate of drug-likeness (QED) is 0.328. The summed E-state index contributed by atoms with van der Waals surface area (Å²) in [7, 11) is 20.1. The van der Waals surface area contributed by atoms with Gasteiger partial charge in [0.1, 0.15) is 0 Å². The van der Waals surface area contributed by atoms with Crippen LogP contribution in [0.1, 0.15) is 93.9 Å². The second-order valence-electron chi connectivity index (χ2n) is 9.97. The molecule has 0 N–H and O–H groups in total. The summed E-state index contributed by atoms with van der Waals surface area (Å²) in [6.07, 6.45) is 6.47. The van der Waals surface area contributed by atoms with E-state index in [0.29, 0.717) is 0 Å². The molecule has 0 aliphatic carbocycles. The molecule has 4 nitrogen and oxygen atoms in total. The minimum atomic E-state index is -3.11. The molecule has 11 heteroatoms. The number of piperidine rings is 2. The fourth-order valence-corrected chi connectivity index (χ4v) is 3.95. The predicted octanol–water partition coefficient (Wildman–Crippen LogP) is 1.78. The summed E-state index contributed by atoms with van der Waals surface area (Å²) in [4.78, 5) is 23.4. The molecule has 176 valence electrons. The Labute approximate surface area is 208 Å². The standard InChI is InChI=1S/2C9H18NO.6ClH.Ti/c2*1-8(2)6-5-7-9(3,4)10(8)11;;;;;;;/h2*5-7H2,1-4H3;6*1H;/q2*+1;;;;;;;+4/p-6. The zero-order valence-corrected chi connectivity index (χ0v) is 24.8. The molecule has 0 saturated carbocycles. The van der Waals surface area contributed by atoms with Gasteiger partial charge in [-0.15, -0.1) is 0 Å². The monoisotopic (exact) mass is 570 g/mol. The van der Waals surface area contributed by atoms with Gasteiger partial charge < -0.3 is 24.8 Å². The van der Waals surface area contributed by atoms with E-state index < -0.39 is 12.3 Å². The Balaban J connectivity index is -0.000000361. The summed E-state index contributed by atoms with van der Waals surface area (Å²) in [6, 6.07) is 0. The molecule has 2 aliphatic heterocycles. The Morgan fingerprint density at radius 1 is 0.552 bits per heavy atom. The van der Waals surface area contributed by atoms with E-state index in [-0.39, 0.29) is 47.0 Å². The van der Waals surface area contributed by atoms with Crippen molar-refractivity contribution in [3.8, 4) is 0 Å². The summed E-state index contributed by atoms with van der Waals surface area (Å²) < 4.78 is 2.53. The number of hydrogen-bond donors (Lipinski definition) is 0. The van der Waals surface area contributed by atoms with Crippen molar-refractivity contribution in [2.24, 2.45) is 0 Å². The van der Waals surface area contributed by atoms with E-state index in [9.17, 15) is 9.81 Å². The number of rotatable bonds is 0. The van der Waals surface area contributed by atoms with Crippen LogP contribution in [-0.2, 0) is 12.3 Å². The van der Waals surface area contributed by atoms with Gasteiger partial charge in [0.25, 0.3) is 0 Å². The Kier molecular flexibility index (Phi) is 15.5. The van der Waals surface area contributed by atoms with Gasteiger partial charge in [0.05, 0.1) is 0 Å². The molecule has 2 rings (SSSR count). The van der Waals surface area contributed by atoms with Crippen molar-refractivity contribution in [1.29, 1.82) is 0 Å². The van der Waals surface area contributed by atoms with Crippen LogP contribution in [0, 0.1) is 9.81 Å². The Hall–Kier alpha value is 1.65. The summed E-state index contributed by atoms with van der Waals surface area (Å²) in [5.74, 6) is 0. The van der Waals surface area contributed by atoms with Gasteiger partial charge in [0, 0.05) is 100 Å². The van der Waals surface area contributed by atoms with Gasteiger partial charge in [-0.25, -0.2) is 0 Å². The average Bonchev–Trinajstić information content (AvgIpc) is 2.41. The fourth-order valence-electron chi connectivity index (χ4n) is 3.95. The van der Waals surface area contributed by atoms with Gasteiger partial charge in [0.2, 0.25) is 22.2 Å². The number of halogens is 6. The predicted molar refractivity (Wildman–Crippen MR) is 115 cm³/mol. The summed E-state index contributed by atoms with van der Waals surface area (Å²) in [6.45, 7) is 16.2. The molecule has 2 heterocycles. The molecule has 0 aromatic rings. The summed E-state index contributed by atoms with van der Waals surface area (Å²) >= 11 is -3.11. The van der Waals surface area contributed by atoms with E-state index >= 15 is 0 Å². The molecule has 29 heavy (non-hydrogen) atoms. The number of hydrogen-bond acceptors (Lipinski definition) is 2. The molecule has 0 amide bonds. The van der Waals surface area contributed by atoms with Gasteiger partial charge in [0.15, 0.2) is 0 Å². The van der Waals surface area contributed by atoms with Crippen molar-refractivity contribution in [2.45, 2.75) is 116 Å². The Bertz CT molecular complexity index is 465. The van der Waals surface area contributed by atoms with Crippen LogP contribution < -0.4 is 24.8 Å². The summed E-state index contributed by atoms with van der Waals surface area (Å²) in [5, 5.41) is 0. The van der Waals surface area contributed by atoms with Crippen molar-refractivity contribution in [3.63, 3.8) is 0 Å². The molecule has 0 aromatic carbocycles. The number of nitroso groups, excluding NO2 is 2. The normalized spacial score (nSPS) is 23.7. The summed E-state index contributed by atoms with van der Waals surface area (Å²) in [5.41, 5.74) is -0.604. The number of nitrogens with zero attached hydrogens (tertiary/aromatic N) is 2. The van der Waals surface area contributed by atoms with Crippen LogP contribution in [0.2, 0.25) is 0 Å². The van der Waals surface area contributed by atoms with Gasteiger partial charge in [-0.1, -0.05) is 0 Å². The SMILES string of the molecule is CC1(C)CCCC(C)(C)[N+]1=O.CC1(C)CCCC(C)(C)[N+]1=O.[Cl-].[Cl-].[Cl][Ti]([Cl])([Cl])[Cl]. The molecular formula is C18H36Cl6N2O2Ti. The second-order valence-corrected chi connectivity index (χ2v) is 25.4.